The van der Waals surface area contributed by atoms with Crippen LogP contribution in [0.15, 0.2) is 54.6 Å². The van der Waals surface area contributed by atoms with E-state index in [9.17, 15) is 9.59 Å². The summed E-state index contributed by atoms with van der Waals surface area (Å²) in [5, 5.41) is 0. The number of ketones is 2. The van der Waals surface area contributed by atoms with Crippen molar-refractivity contribution >= 4 is 11.6 Å². The minimum atomic E-state index is -0.175. The van der Waals surface area contributed by atoms with E-state index in [2.05, 4.69) is 0 Å². The Kier molecular flexibility index (Phi) is 5.27. The average molecular weight is 282 g/mol. The van der Waals surface area contributed by atoms with Gasteiger partial charge in [0.2, 0.25) is 0 Å². The first-order chi connectivity index (χ1) is 10.2. The molecule has 0 heterocycles. The van der Waals surface area contributed by atoms with Crippen molar-refractivity contribution in [2.75, 3.05) is 6.61 Å². The average Bonchev–Trinajstić information content (AvgIpc) is 2.54. The number of carbonyl (C=O) groups excluding carboxylic acids is 2. The molecule has 21 heavy (non-hydrogen) atoms. The second kappa shape index (κ2) is 7.39. The summed E-state index contributed by atoms with van der Waals surface area (Å²) < 4.78 is 5.46. The van der Waals surface area contributed by atoms with E-state index < -0.39 is 0 Å². The van der Waals surface area contributed by atoms with Gasteiger partial charge in [-0.15, -0.1) is 0 Å². The molecule has 108 valence electrons. The molecule has 0 saturated heterocycles. The summed E-state index contributed by atoms with van der Waals surface area (Å²) in [5.41, 5.74) is 1.09. The SMILES string of the molecule is CCCOc1ccc(C(=O)CC(=O)c2ccccc2)cc1. The quantitative estimate of drug-likeness (QED) is 0.571. The maximum atomic E-state index is 12.1. The van der Waals surface area contributed by atoms with Gasteiger partial charge in [0.05, 0.1) is 13.0 Å². The van der Waals surface area contributed by atoms with Crippen LogP contribution < -0.4 is 4.74 Å². The number of hydrogen-bond acceptors (Lipinski definition) is 3. The van der Waals surface area contributed by atoms with Gasteiger partial charge in [0.25, 0.3) is 0 Å². The topological polar surface area (TPSA) is 43.4 Å². The monoisotopic (exact) mass is 282 g/mol. The molecular formula is C18H18O3. The first-order valence-electron chi connectivity index (χ1n) is 7.05. The molecule has 2 aromatic carbocycles. The Morgan fingerprint density at radius 2 is 1.43 bits per heavy atom. The zero-order valence-corrected chi connectivity index (χ0v) is 12.0. The van der Waals surface area contributed by atoms with Crippen LogP contribution in [-0.4, -0.2) is 18.2 Å². The number of ether oxygens (including phenoxy) is 1. The summed E-state index contributed by atoms with van der Waals surface area (Å²) in [6.07, 6.45) is 0.825. The van der Waals surface area contributed by atoms with Crippen molar-refractivity contribution in [3.8, 4) is 5.75 Å². The molecule has 0 N–H and O–H groups in total. The maximum Gasteiger partial charge on any atom is 0.170 e. The molecule has 0 spiro atoms. The van der Waals surface area contributed by atoms with Gasteiger partial charge in [0, 0.05) is 11.1 Å². The second-order valence-electron chi connectivity index (χ2n) is 4.76. The van der Waals surface area contributed by atoms with Crippen molar-refractivity contribution in [2.45, 2.75) is 19.8 Å². The van der Waals surface area contributed by atoms with Crippen LogP contribution in [0.5, 0.6) is 5.75 Å². The molecule has 3 nitrogen and oxygen atoms in total. The lowest BCUT2D eigenvalue weighted by Crippen LogP contribution is -2.08. The first kappa shape index (κ1) is 15.0. The predicted octanol–water partition coefficient (Wildman–Crippen LogP) is 3.93. The zero-order chi connectivity index (χ0) is 15.1. The van der Waals surface area contributed by atoms with Gasteiger partial charge in [0.1, 0.15) is 5.75 Å². The van der Waals surface area contributed by atoms with Gasteiger partial charge in [-0.25, -0.2) is 0 Å². The molecule has 2 rings (SSSR count). The number of rotatable bonds is 7. The van der Waals surface area contributed by atoms with Gasteiger partial charge in [-0.2, -0.15) is 0 Å². The van der Waals surface area contributed by atoms with Crippen LogP contribution in [0, 0.1) is 0 Å². The Labute approximate surface area is 124 Å². The fraction of sp³-hybridized carbons (Fsp3) is 0.222. The second-order valence-corrected chi connectivity index (χ2v) is 4.76. The van der Waals surface area contributed by atoms with Gasteiger partial charge in [-0.1, -0.05) is 37.3 Å². The minimum absolute atomic E-state index is 0.112. The van der Waals surface area contributed by atoms with Crippen LogP contribution in [0.25, 0.3) is 0 Å². The highest BCUT2D eigenvalue weighted by Gasteiger charge is 2.13. The molecule has 0 fully saturated rings. The van der Waals surface area contributed by atoms with Crippen molar-refractivity contribution in [1.82, 2.24) is 0 Å². The molecule has 2 aromatic rings. The third kappa shape index (κ3) is 4.28. The molecule has 0 radical (unpaired) electrons. The van der Waals surface area contributed by atoms with E-state index in [0.717, 1.165) is 12.2 Å². The van der Waals surface area contributed by atoms with Crippen molar-refractivity contribution in [2.24, 2.45) is 0 Å². The van der Waals surface area contributed by atoms with E-state index in [1.807, 2.05) is 13.0 Å². The van der Waals surface area contributed by atoms with Crippen LogP contribution in [0.4, 0.5) is 0 Å². The smallest absolute Gasteiger partial charge is 0.170 e. The highest BCUT2D eigenvalue weighted by molar-refractivity contribution is 6.13. The van der Waals surface area contributed by atoms with Crippen LogP contribution in [0.3, 0.4) is 0 Å². The van der Waals surface area contributed by atoms with E-state index in [-0.39, 0.29) is 18.0 Å². The van der Waals surface area contributed by atoms with Crippen LogP contribution in [-0.2, 0) is 0 Å². The Hall–Kier alpha value is -2.42. The molecule has 0 aliphatic heterocycles. The summed E-state index contributed by atoms with van der Waals surface area (Å²) in [5.74, 6) is 0.403. The number of Topliss-reactive ketones (excluding diaryl/α,β-unsaturated/α-hetero) is 2. The van der Waals surface area contributed by atoms with Crippen molar-refractivity contribution in [1.29, 1.82) is 0 Å². The van der Waals surface area contributed by atoms with Crippen molar-refractivity contribution in [3.05, 3.63) is 65.7 Å². The Balaban J connectivity index is 1.98. The summed E-state index contributed by atoms with van der Waals surface area (Å²) in [6, 6.07) is 15.8. The van der Waals surface area contributed by atoms with Gasteiger partial charge < -0.3 is 4.74 Å². The number of benzene rings is 2. The lowest BCUT2D eigenvalue weighted by atomic mass is 10.0. The van der Waals surface area contributed by atoms with E-state index in [0.29, 0.717) is 17.7 Å². The Bertz CT molecular complexity index is 600. The standard InChI is InChI=1S/C18H18O3/c1-2-12-21-16-10-8-15(9-11-16)18(20)13-17(19)14-6-4-3-5-7-14/h3-11H,2,12-13H2,1H3. The molecule has 0 saturated carbocycles. The summed E-state index contributed by atoms with van der Waals surface area (Å²) in [6.45, 7) is 2.69. The Morgan fingerprint density at radius 1 is 0.857 bits per heavy atom. The molecule has 3 heteroatoms. The summed E-state index contributed by atoms with van der Waals surface area (Å²) in [4.78, 5) is 24.1. The molecule has 0 aliphatic rings. The molecular weight excluding hydrogens is 264 g/mol. The van der Waals surface area contributed by atoms with Crippen LogP contribution >= 0.6 is 0 Å². The lowest BCUT2D eigenvalue weighted by molar-refractivity contribution is 0.0894. The van der Waals surface area contributed by atoms with Gasteiger partial charge in [-0.05, 0) is 30.7 Å². The normalized spacial score (nSPS) is 10.1. The van der Waals surface area contributed by atoms with E-state index >= 15 is 0 Å². The van der Waals surface area contributed by atoms with Gasteiger partial charge in [-0.3, -0.25) is 9.59 Å². The maximum absolute atomic E-state index is 12.1. The third-order valence-electron chi connectivity index (χ3n) is 3.07. The molecule has 0 amide bonds. The predicted molar refractivity (Wildman–Crippen MR) is 81.9 cm³/mol. The highest BCUT2D eigenvalue weighted by atomic mass is 16.5. The summed E-state index contributed by atoms with van der Waals surface area (Å²) >= 11 is 0. The highest BCUT2D eigenvalue weighted by Crippen LogP contribution is 2.15. The van der Waals surface area contributed by atoms with Gasteiger partial charge >= 0.3 is 0 Å². The van der Waals surface area contributed by atoms with Crippen molar-refractivity contribution < 1.29 is 14.3 Å². The van der Waals surface area contributed by atoms with E-state index in [4.69, 9.17) is 4.74 Å². The van der Waals surface area contributed by atoms with E-state index in [1.165, 1.54) is 0 Å². The molecule has 0 aromatic heterocycles. The molecule has 0 bridgehead atoms. The fourth-order valence-electron chi connectivity index (χ4n) is 1.93. The van der Waals surface area contributed by atoms with Crippen molar-refractivity contribution in [3.63, 3.8) is 0 Å². The Morgan fingerprint density at radius 3 is 2.00 bits per heavy atom. The summed E-state index contributed by atoms with van der Waals surface area (Å²) in [7, 11) is 0. The molecule has 0 aliphatic carbocycles. The fourth-order valence-corrected chi connectivity index (χ4v) is 1.93. The lowest BCUT2D eigenvalue weighted by Gasteiger charge is -2.05. The van der Waals surface area contributed by atoms with Crippen LogP contribution in [0.2, 0.25) is 0 Å². The number of carbonyl (C=O) groups is 2. The van der Waals surface area contributed by atoms with Gasteiger partial charge in [0.15, 0.2) is 11.6 Å². The van der Waals surface area contributed by atoms with E-state index in [1.54, 1.807) is 48.5 Å². The first-order valence-corrected chi connectivity index (χ1v) is 7.05. The minimum Gasteiger partial charge on any atom is -0.494 e. The zero-order valence-electron chi connectivity index (χ0n) is 12.0. The van der Waals surface area contributed by atoms with Crippen LogP contribution in [0.1, 0.15) is 40.5 Å². The largest absolute Gasteiger partial charge is 0.494 e. The third-order valence-corrected chi connectivity index (χ3v) is 3.07. The molecule has 0 atom stereocenters. The molecule has 0 unspecified atom stereocenters. The number of hydrogen-bond donors (Lipinski definition) is 0.